The van der Waals surface area contributed by atoms with Crippen molar-refractivity contribution in [3.63, 3.8) is 0 Å². The Balaban J connectivity index is 1.46. The first-order valence-corrected chi connectivity index (χ1v) is 8.82. The Hall–Kier alpha value is -2.90. The van der Waals surface area contributed by atoms with Gasteiger partial charge in [0.2, 0.25) is 5.91 Å². The number of carbonyl (C=O) groups is 1. The summed E-state index contributed by atoms with van der Waals surface area (Å²) < 4.78 is 53.9. The Morgan fingerprint density at radius 2 is 1.79 bits per heavy atom. The maximum atomic E-state index is 12.5. The van der Waals surface area contributed by atoms with E-state index in [0.717, 1.165) is 17.7 Å². The molecule has 1 unspecified atom stereocenters. The van der Waals surface area contributed by atoms with Crippen LogP contribution in [0.4, 0.5) is 13.2 Å². The minimum atomic E-state index is -4.38. The summed E-state index contributed by atoms with van der Waals surface area (Å²) in [5.41, 5.74) is 0.0619. The first-order valence-electron chi connectivity index (χ1n) is 8.82. The molecule has 0 saturated heterocycles. The number of hydrogen-bond donors (Lipinski definition) is 1. The van der Waals surface area contributed by atoms with Crippen LogP contribution in [0.25, 0.3) is 0 Å². The van der Waals surface area contributed by atoms with E-state index >= 15 is 0 Å². The van der Waals surface area contributed by atoms with E-state index in [-0.39, 0.29) is 19.1 Å². The second-order valence-electron chi connectivity index (χ2n) is 6.29. The lowest BCUT2D eigenvalue weighted by atomic mass is 9.99. The summed E-state index contributed by atoms with van der Waals surface area (Å²) in [6.45, 7) is 3.12. The molecule has 0 aliphatic carbocycles. The van der Waals surface area contributed by atoms with Crippen LogP contribution in [0.5, 0.6) is 17.2 Å². The van der Waals surface area contributed by atoms with Crippen molar-refractivity contribution in [3.8, 4) is 17.2 Å². The molecule has 2 aromatic rings. The van der Waals surface area contributed by atoms with Gasteiger partial charge in [0.05, 0.1) is 18.0 Å². The number of amides is 1. The van der Waals surface area contributed by atoms with Gasteiger partial charge in [0, 0.05) is 0 Å². The number of rotatable bonds is 6. The van der Waals surface area contributed by atoms with Crippen LogP contribution in [0.15, 0.2) is 42.5 Å². The molecule has 8 heteroatoms. The van der Waals surface area contributed by atoms with Crippen molar-refractivity contribution < 1.29 is 32.2 Å². The van der Waals surface area contributed by atoms with Crippen molar-refractivity contribution in [2.45, 2.75) is 19.0 Å². The molecule has 0 fully saturated rings. The molecule has 1 atom stereocenters. The van der Waals surface area contributed by atoms with E-state index in [1.165, 1.54) is 12.1 Å². The van der Waals surface area contributed by atoms with Gasteiger partial charge in [-0.2, -0.15) is 13.2 Å². The van der Waals surface area contributed by atoms with Crippen molar-refractivity contribution in [1.82, 2.24) is 5.32 Å². The Kier molecular flexibility index (Phi) is 5.96. The van der Waals surface area contributed by atoms with Crippen LogP contribution in [0.3, 0.4) is 0 Å². The van der Waals surface area contributed by atoms with Gasteiger partial charge in [-0.3, -0.25) is 4.79 Å². The predicted molar refractivity (Wildman–Crippen MR) is 95.8 cm³/mol. The van der Waals surface area contributed by atoms with Crippen LogP contribution >= 0.6 is 0 Å². The fraction of sp³-hybridized carbons (Fsp3) is 0.350. The molecule has 2 aromatic carbocycles. The first-order chi connectivity index (χ1) is 13.3. The largest absolute Gasteiger partial charge is 0.492 e. The molecule has 1 amide bonds. The topological polar surface area (TPSA) is 56.8 Å². The van der Waals surface area contributed by atoms with Gasteiger partial charge in [-0.1, -0.05) is 6.07 Å². The number of ether oxygens (including phenoxy) is 3. The van der Waals surface area contributed by atoms with Gasteiger partial charge >= 0.3 is 6.18 Å². The maximum Gasteiger partial charge on any atom is 0.416 e. The lowest BCUT2D eigenvalue weighted by Gasteiger charge is -2.20. The van der Waals surface area contributed by atoms with Crippen LogP contribution in [-0.4, -0.2) is 32.3 Å². The van der Waals surface area contributed by atoms with Crippen molar-refractivity contribution in [3.05, 3.63) is 53.6 Å². The average Bonchev–Trinajstić information content (AvgIpc) is 2.69. The molecular weight excluding hydrogens is 375 g/mol. The predicted octanol–water partition coefficient (Wildman–Crippen LogP) is 3.78. The molecule has 0 saturated carbocycles. The molecule has 1 aliphatic rings. The number of nitrogens with one attached hydrogen (secondary N) is 1. The lowest BCUT2D eigenvalue weighted by molar-refractivity contribution is -0.137. The zero-order chi connectivity index (χ0) is 20.1. The third kappa shape index (κ3) is 4.88. The molecule has 28 heavy (non-hydrogen) atoms. The van der Waals surface area contributed by atoms with Crippen molar-refractivity contribution >= 4 is 5.91 Å². The second-order valence-corrected chi connectivity index (χ2v) is 6.29. The summed E-state index contributed by atoms with van der Waals surface area (Å²) in [5.74, 6) is 0.998. The van der Waals surface area contributed by atoms with Crippen LogP contribution < -0.4 is 19.5 Å². The second kappa shape index (κ2) is 8.41. The van der Waals surface area contributed by atoms with Crippen molar-refractivity contribution in [2.75, 3.05) is 26.4 Å². The Labute approximate surface area is 160 Å². The minimum absolute atomic E-state index is 0.144. The fourth-order valence-electron chi connectivity index (χ4n) is 2.72. The molecule has 0 bridgehead atoms. The van der Waals surface area contributed by atoms with Crippen LogP contribution in [0.1, 0.15) is 24.0 Å². The first kappa shape index (κ1) is 19.9. The number of carbonyl (C=O) groups excluding carboxylic acids is 1. The van der Waals surface area contributed by atoms with E-state index in [9.17, 15) is 18.0 Å². The van der Waals surface area contributed by atoms with E-state index in [1.54, 1.807) is 19.1 Å². The number of fused-ring (bicyclic) bond motifs is 1. The van der Waals surface area contributed by atoms with E-state index in [4.69, 9.17) is 14.2 Å². The summed E-state index contributed by atoms with van der Waals surface area (Å²) >= 11 is 0. The Bertz CT molecular complexity index is 821. The molecule has 5 nitrogen and oxygen atoms in total. The SMILES string of the molecule is CC(C(=O)NCCOc1ccc(C(F)(F)F)cc1)c1ccc2c(c1)OCCO2. The monoisotopic (exact) mass is 395 g/mol. The third-order valence-corrected chi connectivity index (χ3v) is 4.31. The van der Waals surface area contributed by atoms with Crippen molar-refractivity contribution in [2.24, 2.45) is 0 Å². The quantitative estimate of drug-likeness (QED) is 0.757. The van der Waals surface area contributed by atoms with Gasteiger partial charge in [0.15, 0.2) is 11.5 Å². The van der Waals surface area contributed by atoms with Crippen LogP contribution in [0, 0.1) is 0 Å². The Morgan fingerprint density at radius 3 is 2.46 bits per heavy atom. The number of alkyl halides is 3. The molecule has 3 rings (SSSR count). The maximum absolute atomic E-state index is 12.5. The highest BCUT2D eigenvalue weighted by molar-refractivity contribution is 5.83. The highest BCUT2D eigenvalue weighted by Gasteiger charge is 2.30. The standard InChI is InChI=1S/C20H20F3NO4/c1-13(14-2-7-17-18(12-14)28-11-10-27-17)19(25)24-8-9-26-16-5-3-15(4-6-16)20(21,22)23/h2-7,12-13H,8-11H2,1H3,(H,24,25). The van der Waals surface area contributed by atoms with E-state index in [0.29, 0.717) is 30.5 Å². The zero-order valence-corrected chi connectivity index (χ0v) is 15.2. The smallest absolute Gasteiger partial charge is 0.416 e. The summed E-state index contributed by atoms with van der Waals surface area (Å²) in [5, 5.41) is 2.75. The summed E-state index contributed by atoms with van der Waals surface area (Å²) in [7, 11) is 0. The van der Waals surface area contributed by atoms with E-state index in [1.807, 2.05) is 6.07 Å². The molecular formula is C20H20F3NO4. The molecule has 0 radical (unpaired) electrons. The number of benzene rings is 2. The van der Waals surface area contributed by atoms with E-state index in [2.05, 4.69) is 5.32 Å². The van der Waals surface area contributed by atoms with Crippen molar-refractivity contribution in [1.29, 1.82) is 0 Å². The number of hydrogen-bond acceptors (Lipinski definition) is 4. The number of halogens is 3. The molecule has 0 spiro atoms. The summed E-state index contributed by atoms with van der Waals surface area (Å²) in [6.07, 6.45) is -4.38. The van der Waals surface area contributed by atoms with Gasteiger partial charge in [-0.15, -0.1) is 0 Å². The highest BCUT2D eigenvalue weighted by Crippen LogP contribution is 2.33. The van der Waals surface area contributed by atoms with Gasteiger partial charge in [0.25, 0.3) is 0 Å². The molecule has 1 N–H and O–H groups in total. The third-order valence-electron chi connectivity index (χ3n) is 4.31. The zero-order valence-electron chi connectivity index (χ0n) is 15.2. The van der Waals surface area contributed by atoms with Gasteiger partial charge in [0.1, 0.15) is 25.6 Å². The average molecular weight is 395 g/mol. The molecule has 1 heterocycles. The van der Waals surface area contributed by atoms with E-state index < -0.39 is 17.7 Å². The van der Waals surface area contributed by atoms with Crippen LogP contribution in [-0.2, 0) is 11.0 Å². The van der Waals surface area contributed by atoms with Gasteiger partial charge < -0.3 is 19.5 Å². The van der Waals surface area contributed by atoms with Gasteiger partial charge in [-0.05, 0) is 48.9 Å². The Morgan fingerprint density at radius 1 is 1.11 bits per heavy atom. The minimum Gasteiger partial charge on any atom is -0.492 e. The summed E-state index contributed by atoms with van der Waals surface area (Å²) in [4.78, 5) is 12.3. The normalized spacial score (nSPS) is 14.3. The van der Waals surface area contributed by atoms with Crippen LogP contribution in [0.2, 0.25) is 0 Å². The molecule has 1 aliphatic heterocycles. The summed E-state index contributed by atoms with van der Waals surface area (Å²) in [6, 6.07) is 9.80. The lowest BCUT2D eigenvalue weighted by Crippen LogP contribution is -2.31. The molecule has 0 aromatic heterocycles. The van der Waals surface area contributed by atoms with Gasteiger partial charge in [-0.25, -0.2) is 0 Å². The highest BCUT2D eigenvalue weighted by atomic mass is 19.4. The fourth-order valence-corrected chi connectivity index (χ4v) is 2.72. The molecule has 150 valence electrons.